The number of fused-ring (bicyclic) bond motifs is 4. The molecule has 2 aromatic carbocycles. The number of carboxylic acid groups (broad SMARTS) is 1. The van der Waals surface area contributed by atoms with Crippen LogP contribution in [-0.4, -0.2) is 17.2 Å². The van der Waals surface area contributed by atoms with Crippen molar-refractivity contribution in [3.8, 4) is 17.1 Å². The maximum Gasteiger partial charge on any atom is 0.347 e. The summed E-state index contributed by atoms with van der Waals surface area (Å²) in [5, 5.41) is 10.2. The number of rotatable bonds is 3. The predicted octanol–water partition coefficient (Wildman–Crippen LogP) is 4.16. The Hall–Kier alpha value is -3.54. The summed E-state index contributed by atoms with van der Waals surface area (Å²) in [4.78, 5) is 24.1. The lowest BCUT2D eigenvalue weighted by molar-refractivity contribution is -0.136. The molecule has 28 heavy (non-hydrogen) atoms. The quantitative estimate of drug-likeness (QED) is 0.540. The second-order valence-corrected chi connectivity index (χ2v) is 7.03. The standard InChI is InChI=1S/C22H16O6/c1-11-8-13-9-12(6-7-16(13)26-11)20-15(10-18(23)24)19-21(28-20)14-4-2-3-5-17(14)27-22(19)25/h2-7,9,11H,8,10H2,1H3,(H,23,24)/t11-/m1/s1. The van der Waals surface area contributed by atoms with Crippen LogP contribution < -0.4 is 10.4 Å². The molecule has 1 N–H and O–H groups in total. The lowest BCUT2D eigenvalue weighted by Gasteiger charge is -2.04. The smallest absolute Gasteiger partial charge is 0.347 e. The fourth-order valence-corrected chi connectivity index (χ4v) is 3.88. The Morgan fingerprint density at radius 3 is 2.82 bits per heavy atom. The second kappa shape index (κ2) is 5.99. The van der Waals surface area contributed by atoms with Crippen molar-refractivity contribution >= 4 is 27.9 Å². The van der Waals surface area contributed by atoms with E-state index in [2.05, 4.69) is 0 Å². The first-order chi connectivity index (χ1) is 13.5. The minimum absolute atomic E-state index is 0.0930. The van der Waals surface area contributed by atoms with E-state index in [-0.39, 0.29) is 17.9 Å². The molecule has 140 valence electrons. The lowest BCUT2D eigenvalue weighted by atomic mass is 10.0. The fourth-order valence-electron chi connectivity index (χ4n) is 3.88. The minimum atomic E-state index is -1.05. The molecule has 0 bridgehead atoms. The number of aliphatic carboxylic acids is 1. The van der Waals surface area contributed by atoms with Gasteiger partial charge in [0.25, 0.3) is 0 Å². The molecule has 6 nitrogen and oxygen atoms in total. The number of benzene rings is 2. The van der Waals surface area contributed by atoms with Crippen molar-refractivity contribution in [2.45, 2.75) is 25.9 Å². The Morgan fingerprint density at radius 2 is 2.00 bits per heavy atom. The van der Waals surface area contributed by atoms with Gasteiger partial charge < -0.3 is 18.7 Å². The van der Waals surface area contributed by atoms with E-state index >= 15 is 0 Å². The molecular formula is C22H16O6. The maximum absolute atomic E-state index is 12.6. The molecule has 1 atom stereocenters. The molecule has 4 aromatic rings. The summed E-state index contributed by atoms with van der Waals surface area (Å²) in [6, 6.07) is 12.7. The van der Waals surface area contributed by atoms with Crippen molar-refractivity contribution in [1.82, 2.24) is 0 Å². The monoisotopic (exact) mass is 376 g/mol. The summed E-state index contributed by atoms with van der Waals surface area (Å²) >= 11 is 0. The van der Waals surface area contributed by atoms with Crippen molar-refractivity contribution in [3.05, 3.63) is 64.0 Å². The second-order valence-electron chi connectivity index (χ2n) is 7.03. The third-order valence-electron chi connectivity index (χ3n) is 5.03. The van der Waals surface area contributed by atoms with Crippen LogP contribution in [0.1, 0.15) is 18.1 Å². The third-order valence-corrected chi connectivity index (χ3v) is 5.03. The molecule has 0 fully saturated rings. The van der Waals surface area contributed by atoms with E-state index < -0.39 is 11.6 Å². The van der Waals surface area contributed by atoms with Gasteiger partial charge in [0.15, 0.2) is 5.58 Å². The summed E-state index contributed by atoms with van der Waals surface area (Å²) in [5.41, 5.74) is 2.23. The summed E-state index contributed by atoms with van der Waals surface area (Å²) in [5.74, 6) is 0.148. The highest BCUT2D eigenvalue weighted by Crippen LogP contribution is 2.39. The highest BCUT2D eigenvalue weighted by atomic mass is 16.5. The molecule has 5 rings (SSSR count). The van der Waals surface area contributed by atoms with Gasteiger partial charge in [-0.1, -0.05) is 12.1 Å². The number of furan rings is 1. The lowest BCUT2D eigenvalue weighted by Crippen LogP contribution is -2.06. The van der Waals surface area contributed by atoms with E-state index in [1.807, 2.05) is 31.2 Å². The zero-order valence-electron chi connectivity index (χ0n) is 15.0. The Labute approximate surface area is 159 Å². The molecule has 0 aliphatic carbocycles. The van der Waals surface area contributed by atoms with Crippen molar-refractivity contribution in [3.63, 3.8) is 0 Å². The molecule has 0 amide bonds. The Kier molecular flexibility index (Phi) is 3.55. The van der Waals surface area contributed by atoms with Crippen LogP contribution in [0.25, 0.3) is 33.3 Å². The van der Waals surface area contributed by atoms with E-state index in [0.717, 1.165) is 17.7 Å². The molecule has 0 saturated carbocycles. The van der Waals surface area contributed by atoms with Crippen molar-refractivity contribution in [2.75, 3.05) is 0 Å². The highest BCUT2D eigenvalue weighted by Gasteiger charge is 2.26. The zero-order valence-corrected chi connectivity index (χ0v) is 15.0. The van der Waals surface area contributed by atoms with E-state index in [0.29, 0.717) is 33.4 Å². The van der Waals surface area contributed by atoms with Crippen molar-refractivity contribution < 1.29 is 23.5 Å². The molecule has 0 spiro atoms. The number of ether oxygens (including phenoxy) is 1. The first kappa shape index (κ1) is 16.6. The third kappa shape index (κ3) is 2.49. The summed E-state index contributed by atoms with van der Waals surface area (Å²) in [6.45, 7) is 1.99. The van der Waals surface area contributed by atoms with Crippen LogP contribution in [0, 0.1) is 0 Å². The van der Waals surface area contributed by atoms with Gasteiger partial charge in [-0.3, -0.25) is 4.79 Å². The van der Waals surface area contributed by atoms with Crippen LogP contribution in [-0.2, 0) is 17.6 Å². The fraction of sp³-hybridized carbons (Fsp3) is 0.182. The molecule has 0 unspecified atom stereocenters. The minimum Gasteiger partial charge on any atom is -0.490 e. The van der Waals surface area contributed by atoms with Crippen molar-refractivity contribution in [2.24, 2.45) is 0 Å². The number of hydrogen-bond acceptors (Lipinski definition) is 5. The molecule has 6 heteroatoms. The normalized spacial score (nSPS) is 15.7. The SMILES string of the molecule is C[C@@H]1Cc2cc(-c3oc4c(c3CC(=O)O)c(=O)oc3ccccc34)ccc2O1. The van der Waals surface area contributed by atoms with E-state index in [1.165, 1.54) is 0 Å². The first-order valence-corrected chi connectivity index (χ1v) is 9.00. The first-order valence-electron chi connectivity index (χ1n) is 9.00. The predicted molar refractivity (Wildman–Crippen MR) is 103 cm³/mol. The van der Waals surface area contributed by atoms with Gasteiger partial charge in [0, 0.05) is 17.5 Å². The summed E-state index contributed by atoms with van der Waals surface area (Å²) in [6.07, 6.45) is 0.522. The summed E-state index contributed by atoms with van der Waals surface area (Å²) in [7, 11) is 0. The largest absolute Gasteiger partial charge is 0.490 e. The topological polar surface area (TPSA) is 89.9 Å². The number of carboxylic acids is 1. The van der Waals surface area contributed by atoms with Crippen LogP contribution >= 0.6 is 0 Å². The molecule has 0 radical (unpaired) electrons. The average molecular weight is 376 g/mol. The van der Waals surface area contributed by atoms with Crippen LogP contribution in [0.5, 0.6) is 5.75 Å². The van der Waals surface area contributed by atoms with Gasteiger partial charge in [-0.2, -0.15) is 0 Å². The molecule has 2 aromatic heterocycles. The maximum atomic E-state index is 12.6. The van der Waals surface area contributed by atoms with Crippen LogP contribution in [0.15, 0.2) is 56.1 Å². The van der Waals surface area contributed by atoms with Crippen LogP contribution in [0.4, 0.5) is 0 Å². The van der Waals surface area contributed by atoms with Gasteiger partial charge in [0.1, 0.15) is 28.6 Å². The number of hydrogen-bond donors (Lipinski definition) is 1. The highest BCUT2D eigenvalue weighted by molar-refractivity contribution is 6.04. The van der Waals surface area contributed by atoms with E-state index in [9.17, 15) is 14.7 Å². The molecule has 3 heterocycles. The average Bonchev–Trinajstić information content (AvgIpc) is 3.21. The van der Waals surface area contributed by atoms with Gasteiger partial charge in [0.2, 0.25) is 0 Å². The van der Waals surface area contributed by atoms with Crippen LogP contribution in [0.2, 0.25) is 0 Å². The number of para-hydroxylation sites is 1. The molecule has 1 aliphatic rings. The van der Waals surface area contributed by atoms with E-state index in [4.69, 9.17) is 13.6 Å². The van der Waals surface area contributed by atoms with E-state index in [1.54, 1.807) is 18.2 Å². The Morgan fingerprint density at radius 1 is 1.18 bits per heavy atom. The molecule has 1 aliphatic heterocycles. The molecule has 0 saturated heterocycles. The van der Waals surface area contributed by atoms with Gasteiger partial charge in [-0.15, -0.1) is 0 Å². The van der Waals surface area contributed by atoms with Crippen LogP contribution in [0.3, 0.4) is 0 Å². The molecular weight excluding hydrogens is 360 g/mol. The number of carbonyl (C=O) groups is 1. The Bertz CT molecular complexity index is 1310. The van der Waals surface area contributed by atoms with Gasteiger partial charge in [-0.25, -0.2) is 4.79 Å². The zero-order chi connectivity index (χ0) is 19.4. The van der Waals surface area contributed by atoms with Gasteiger partial charge in [-0.05, 0) is 42.8 Å². The van der Waals surface area contributed by atoms with Gasteiger partial charge in [0.05, 0.1) is 11.8 Å². The Balaban J connectivity index is 1.82. The van der Waals surface area contributed by atoms with Crippen molar-refractivity contribution in [1.29, 1.82) is 0 Å². The summed E-state index contributed by atoms with van der Waals surface area (Å²) < 4.78 is 17.2. The van der Waals surface area contributed by atoms with Gasteiger partial charge >= 0.3 is 11.6 Å².